The smallest absolute Gasteiger partial charge is 0.390 e. The van der Waals surface area contributed by atoms with Gasteiger partial charge in [-0.2, -0.15) is 17.5 Å². The summed E-state index contributed by atoms with van der Waals surface area (Å²) in [6.45, 7) is 3.01. The second-order valence-corrected chi connectivity index (χ2v) is 12.8. The Morgan fingerprint density at radius 3 is 2.38 bits per heavy atom. The maximum Gasteiger partial charge on any atom is 0.417 e. The van der Waals surface area contributed by atoms with Gasteiger partial charge in [-0.15, -0.1) is 0 Å². The van der Waals surface area contributed by atoms with E-state index in [4.69, 9.17) is 0 Å². The summed E-state index contributed by atoms with van der Waals surface area (Å²) >= 11 is 0. The first-order valence-corrected chi connectivity index (χ1v) is 14.8. The largest absolute Gasteiger partial charge is 0.417 e. The highest BCUT2D eigenvalue weighted by Crippen LogP contribution is 2.33. The molecule has 1 aromatic heterocycles. The molecular formula is C29H32F3N5O4S. The molecule has 2 aliphatic heterocycles. The number of urea groups is 1. The molecular weight excluding hydrogens is 571 g/mol. The van der Waals surface area contributed by atoms with E-state index in [-0.39, 0.29) is 36.3 Å². The summed E-state index contributed by atoms with van der Waals surface area (Å²) in [6.07, 6.45) is -4.64. The zero-order valence-electron chi connectivity index (χ0n) is 23.4. The van der Waals surface area contributed by atoms with Crippen LogP contribution in [0.1, 0.15) is 28.7 Å². The van der Waals surface area contributed by atoms with Crippen molar-refractivity contribution in [2.45, 2.75) is 49.7 Å². The van der Waals surface area contributed by atoms with Crippen molar-refractivity contribution in [2.75, 3.05) is 32.5 Å². The number of hydrogen-bond donors (Lipinski definition) is 2. The molecule has 1 fully saturated rings. The molecule has 0 bridgehead atoms. The Labute approximate surface area is 242 Å². The number of piperidine rings is 1. The van der Waals surface area contributed by atoms with Gasteiger partial charge in [-0.05, 0) is 71.5 Å². The third kappa shape index (κ3) is 5.94. The molecule has 2 N–H and O–H groups in total. The fourth-order valence-electron chi connectivity index (χ4n) is 5.39. The number of aromatic nitrogens is 1. The number of aryl methyl sites for hydroxylation is 1. The molecule has 9 nitrogen and oxygen atoms in total. The number of amides is 2. The summed E-state index contributed by atoms with van der Waals surface area (Å²) in [5.74, 6) is 0.165. The first-order valence-electron chi connectivity index (χ1n) is 13.4. The Kier molecular flexibility index (Phi) is 7.94. The number of alkyl halides is 3. The molecule has 5 rings (SSSR count). The molecule has 0 saturated carbocycles. The van der Waals surface area contributed by atoms with Gasteiger partial charge < -0.3 is 20.2 Å². The molecule has 3 aromatic rings. The lowest BCUT2D eigenvalue weighted by atomic mass is 9.96. The third-order valence-electron chi connectivity index (χ3n) is 7.72. The predicted molar refractivity (Wildman–Crippen MR) is 151 cm³/mol. The van der Waals surface area contributed by atoms with E-state index < -0.39 is 33.9 Å². The SMILES string of the molecule is Cc1cc(-c2ccc(S(=O)(=O)N3CC[C@@H](Nc4ccc(C(F)(F)F)cn4)[C@@H](O)C3)cc2)cc2c1CN(C(=O)N(C)C)C2. The van der Waals surface area contributed by atoms with Crippen LogP contribution in [0.25, 0.3) is 11.1 Å². The molecule has 0 unspecified atom stereocenters. The summed E-state index contributed by atoms with van der Waals surface area (Å²) < 4.78 is 66.3. The van der Waals surface area contributed by atoms with Crippen molar-refractivity contribution >= 4 is 21.9 Å². The molecule has 0 aliphatic carbocycles. The van der Waals surface area contributed by atoms with Crippen LogP contribution < -0.4 is 5.32 Å². The van der Waals surface area contributed by atoms with E-state index >= 15 is 0 Å². The number of fused-ring (bicyclic) bond motifs is 1. The second-order valence-electron chi connectivity index (χ2n) is 10.9. The molecule has 0 radical (unpaired) electrons. The number of pyridine rings is 1. The van der Waals surface area contributed by atoms with Crippen LogP contribution in [0.15, 0.2) is 59.6 Å². The normalized spacial score (nSPS) is 19.5. The van der Waals surface area contributed by atoms with E-state index in [1.54, 1.807) is 36.0 Å². The van der Waals surface area contributed by atoms with Crippen molar-refractivity contribution in [1.29, 1.82) is 0 Å². The van der Waals surface area contributed by atoms with Gasteiger partial charge >= 0.3 is 12.2 Å². The number of sulfonamides is 1. The Balaban J connectivity index is 1.25. The van der Waals surface area contributed by atoms with Gasteiger partial charge in [0.15, 0.2) is 0 Å². The molecule has 2 amide bonds. The number of carbonyl (C=O) groups is 1. The number of rotatable bonds is 5. The number of halogens is 3. The van der Waals surface area contributed by atoms with Crippen molar-refractivity contribution in [3.05, 3.63) is 77.0 Å². The monoisotopic (exact) mass is 603 g/mol. The summed E-state index contributed by atoms with van der Waals surface area (Å²) in [6, 6.07) is 12.1. The van der Waals surface area contributed by atoms with E-state index in [1.807, 2.05) is 19.1 Å². The van der Waals surface area contributed by atoms with Crippen LogP contribution in [0.3, 0.4) is 0 Å². The number of nitrogens with one attached hydrogen (secondary N) is 1. The Morgan fingerprint density at radius 2 is 1.79 bits per heavy atom. The van der Waals surface area contributed by atoms with Crippen LogP contribution in [-0.4, -0.2) is 78.0 Å². The molecule has 2 aliphatic rings. The maximum absolute atomic E-state index is 13.4. The van der Waals surface area contributed by atoms with Gasteiger partial charge in [0, 0.05) is 46.5 Å². The summed E-state index contributed by atoms with van der Waals surface area (Å²) in [4.78, 5) is 19.6. The highest BCUT2D eigenvalue weighted by atomic mass is 32.2. The third-order valence-corrected chi connectivity index (χ3v) is 9.60. The zero-order valence-corrected chi connectivity index (χ0v) is 24.2. The lowest BCUT2D eigenvalue weighted by Crippen LogP contribution is -2.51. The Morgan fingerprint density at radius 1 is 1.07 bits per heavy atom. The highest BCUT2D eigenvalue weighted by molar-refractivity contribution is 7.89. The van der Waals surface area contributed by atoms with E-state index in [9.17, 15) is 31.5 Å². The standard InChI is InChI=1S/C29H32F3N5O4S/c1-18-12-20(13-21-15-36(16-24(18)21)28(39)35(2)3)19-4-7-23(8-5-19)42(40,41)37-11-10-25(26(38)17-37)34-27-9-6-22(14-33-27)29(30,31)32/h4-9,12-14,25-26,38H,10-11,15-17H2,1-3H3,(H,33,34)/t25-,26+/m1/s1. The maximum atomic E-state index is 13.4. The molecule has 2 atom stereocenters. The van der Waals surface area contributed by atoms with Crippen LogP contribution in [0, 0.1) is 6.92 Å². The number of anilines is 1. The van der Waals surface area contributed by atoms with Gasteiger partial charge in [-0.25, -0.2) is 18.2 Å². The van der Waals surface area contributed by atoms with Crippen LogP contribution in [0.4, 0.5) is 23.8 Å². The quantitative estimate of drug-likeness (QED) is 0.451. The van der Waals surface area contributed by atoms with E-state index in [0.29, 0.717) is 19.3 Å². The zero-order chi connectivity index (χ0) is 30.4. The van der Waals surface area contributed by atoms with Gasteiger partial charge in [0.25, 0.3) is 0 Å². The van der Waals surface area contributed by atoms with Crippen LogP contribution >= 0.6 is 0 Å². The lowest BCUT2D eigenvalue weighted by Gasteiger charge is -2.35. The fraction of sp³-hybridized carbons (Fsp3) is 0.379. The minimum Gasteiger partial charge on any atom is -0.390 e. The molecule has 0 spiro atoms. The molecule has 2 aromatic carbocycles. The van der Waals surface area contributed by atoms with Crippen LogP contribution in [0.2, 0.25) is 0 Å². The molecule has 13 heteroatoms. The first kappa shape index (κ1) is 29.8. The Hall–Kier alpha value is -3.68. The van der Waals surface area contributed by atoms with Crippen molar-refractivity contribution < 1.29 is 31.5 Å². The summed E-state index contributed by atoms with van der Waals surface area (Å²) in [7, 11) is -0.455. The molecule has 224 valence electrons. The molecule has 1 saturated heterocycles. The van der Waals surface area contributed by atoms with Crippen molar-refractivity contribution in [3.8, 4) is 11.1 Å². The van der Waals surface area contributed by atoms with E-state index in [2.05, 4.69) is 10.3 Å². The van der Waals surface area contributed by atoms with Crippen molar-refractivity contribution in [1.82, 2.24) is 19.1 Å². The first-order chi connectivity index (χ1) is 19.7. The number of β-amino-alcohol motifs (C(OH)–C–C–N with tert-alkyl or cyclic N) is 1. The average Bonchev–Trinajstić information content (AvgIpc) is 3.38. The minimum atomic E-state index is -4.50. The average molecular weight is 604 g/mol. The molecule has 42 heavy (non-hydrogen) atoms. The van der Waals surface area contributed by atoms with Gasteiger partial charge in [-0.3, -0.25) is 0 Å². The van der Waals surface area contributed by atoms with Gasteiger partial charge in [0.05, 0.1) is 22.6 Å². The number of nitrogens with zero attached hydrogens (tertiary/aromatic N) is 4. The van der Waals surface area contributed by atoms with E-state index in [0.717, 1.165) is 33.9 Å². The van der Waals surface area contributed by atoms with Crippen LogP contribution in [0.5, 0.6) is 0 Å². The predicted octanol–water partition coefficient (Wildman–Crippen LogP) is 4.31. The fourth-order valence-corrected chi connectivity index (χ4v) is 6.86. The van der Waals surface area contributed by atoms with Crippen molar-refractivity contribution in [3.63, 3.8) is 0 Å². The number of aliphatic hydroxyl groups is 1. The minimum absolute atomic E-state index is 0.0529. The van der Waals surface area contributed by atoms with Gasteiger partial charge in [-0.1, -0.05) is 18.2 Å². The number of hydrogen-bond acceptors (Lipinski definition) is 6. The lowest BCUT2D eigenvalue weighted by molar-refractivity contribution is -0.137. The number of aliphatic hydroxyl groups excluding tert-OH is 1. The summed E-state index contributed by atoms with van der Waals surface area (Å²) in [5, 5.41) is 13.6. The summed E-state index contributed by atoms with van der Waals surface area (Å²) in [5.41, 5.74) is 4.13. The topological polar surface area (TPSA) is 106 Å². The molecule has 3 heterocycles. The second kappa shape index (κ2) is 11.2. The van der Waals surface area contributed by atoms with Crippen molar-refractivity contribution in [2.24, 2.45) is 0 Å². The van der Waals surface area contributed by atoms with Crippen LogP contribution in [-0.2, 0) is 29.3 Å². The number of carbonyl (C=O) groups excluding carboxylic acids is 1. The van der Waals surface area contributed by atoms with Gasteiger partial charge in [0.1, 0.15) is 5.82 Å². The highest BCUT2D eigenvalue weighted by Gasteiger charge is 2.35. The van der Waals surface area contributed by atoms with E-state index in [1.165, 1.54) is 22.5 Å². The Bertz CT molecular complexity index is 1580. The number of benzene rings is 2. The van der Waals surface area contributed by atoms with Gasteiger partial charge in [0.2, 0.25) is 10.0 Å².